The summed E-state index contributed by atoms with van der Waals surface area (Å²) in [7, 11) is 0. The molecule has 0 saturated carbocycles. The van der Waals surface area contributed by atoms with E-state index in [0.717, 1.165) is 25.9 Å². The van der Waals surface area contributed by atoms with Crippen LogP contribution in [0.15, 0.2) is 48.5 Å². The number of halogens is 1. The molecule has 142 valence electrons. The van der Waals surface area contributed by atoms with Gasteiger partial charge in [-0.2, -0.15) is 0 Å². The fraction of sp³-hybridized carbons (Fsp3) is 0.333. The van der Waals surface area contributed by atoms with E-state index >= 15 is 0 Å². The standard InChI is InChI=1S/C21H23ClN2O3/c1-15(27-19-11-7-17(22)8-12-19)20(25)23-18-9-5-16(6-10-18)21(26)24-13-3-2-4-14-24/h5-12,15H,2-4,13-14H2,1H3,(H,23,25). The molecule has 0 bridgehead atoms. The molecule has 2 aromatic carbocycles. The number of amides is 2. The second-order valence-electron chi connectivity index (χ2n) is 6.63. The molecule has 1 aliphatic rings. The molecule has 3 rings (SSSR count). The zero-order valence-corrected chi connectivity index (χ0v) is 16.0. The highest BCUT2D eigenvalue weighted by Crippen LogP contribution is 2.18. The topological polar surface area (TPSA) is 58.6 Å². The van der Waals surface area contributed by atoms with Crippen molar-refractivity contribution in [3.8, 4) is 5.75 Å². The Morgan fingerprint density at radius 2 is 1.63 bits per heavy atom. The molecule has 0 spiro atoms. The summed E-state index contributed by atoms with van der Waals surface area (Å²) in [5.74, 6) is 0.358. The van der Waals surface area contributed by atoms with Crippen molar-refractivity contribution in [3.05, 3.63) is 59.1 Å². The molecule has 0 aromatic heterocycles. The minimum Gasteiger partial charge on any atom is -0.481 e. The predicted octanol–water partition coefficient (Wildman–Crippen LogP) is 4.37. The molecule has 27 heavy (non-hydrogen) atoms. The van der Waals surface area contributed by atoms with Crippen LogP contribution in [0.2, 0.25) is 5.02 Å². The molecular formula is C21H23ClN2O3. The Hall–Kier alpha value is -2.53. The predicted molar refractivity (Wildman–Crippen MR) is 106 cm³/mol. The Bertz CT molecular complexity index is 784. The van der Waals surface area contributed by atoms with Gasteiger partial charge in [-0.05, 0) is 74.7 Å². The molecule has 2 aromatic rings. The maximum absolute atomic E-state index is 12.5. The number of ether oxygens (including phenoxy) is 1. The molecule has 1 N–H and O–H groups in total. The summed E-state index contributed by atoms with van der Waals surface area (Å²) in [6.45, 7) is 3.31. The summed E-state index contributed by atoms with van der Waals surface area (Å²) in [5, 5.41) is 3.41. The van der Waals surface area contributed by atoms with E-state index in [-0.39, 0.29) is 11.8 Å². The molecule has 1 fully saturated rings. The van der Waals surface area contributed by atoms with E-state index in [2.05, 4.69) is 5.32 Å². The van der Waals surface area contributed by atoms with E-state index in [1.165, 1.54) is 6.42 Å². The van der Waals surface area contributed by atoms with E-state index in [0.29, 0.717) is 22.0 Å². The van der Waals surface area contributed by atoms with Gasteiger partial charge >= 0.3 is 0 Å². The van der Waals surface area contributed by atoms with Crippen molar-refractivity contribution in [2.45, 2.75) is 32.3 Å². The lowest BCUT2D eigenvalue weighted by atomic mass is 10.1. The molecule has 1 heterocycles. The van der Waals surface area contributed by atoms with Gasteiger partial charge in [0.05, 0.1) is 0 Å². The largest absolute Gasteiger partial charge is 0.481 e. The van der Waals surface area contributed by atoms with Crippen LogP contribution in [-0.4, -0.2) is 35.9 Å². The maximum Gasteiger partial charge on any atom is 0.265 e. The smallest absolute Gasteiger partial charge is 0.265 e. The van der Waals surface area contributed by atoms with Gasteiger partial charge in [0, 0.05) is 29.4 Å². The number of nitrogens with one attached hydrogen (secondary N) is 1. The Morgan fingerprint density at radius 1 is 1.00 bits per heavy atom. The highest BCUT2D eigenvalue weighted by Gasteiger charge is 2.19. The lowest BCUT2D eigenvalue weighted by Crippen LogP contribution is -2.35. The molecule has 5 nitrogen and oxygen atoms in total. The van der Waals surface area contributed by atoms with Crippen molar-refractivity contribution in [3.63, 3.8) is 0 Å². The minimum atomic E-state index is -0.666. The minimum absolute atomic E-state index is 0.0482. The van der Waals surface area contributed by atoms with Crippen LogP contribution >= 0.6 is 11.6 Å². The van der Waals surface area contributed by atoms with Crippen molar-refractivity contribution in [1.82, 2.24) is 4.90 Å². The number of benzene rings is 2. The number of piperidine rings is 1. The summed E-state index contributed by atoms with van der Waals surface area (Å²) < 4.78 is 5.61. The molecule has 2 amide bonds. The number of hydrogen-bond acceptors (Lipinski definition) is 3. The summed E-state index contributed by atoms with van der Waals surface area (Å²) in [6, 6.07) is 13.8. The second-order valence-corrected chi connectivity index (χ2v) is 7.07. The third kappa shape index (κ3) is 5.23. The number of carbonyl (C=O) groups excluding carboxylic acids is 2. The monoisotopic (exact) mass is 386 g/mol. The fourth-order valence-corrected chi connectivity index (χ4v) is 3.12. The summed E-state index contributed by atoms with van der Waals surface area (Å²) in [6.07, 6.45) is 2.64. The number of rotatable bonds is 5. The molecule has 0 aliphatic carbocycles. The van der Waals surface area contributed by atoms with Crippen LogP contribution in [0, 0.1) is 0 Å². The van der Waals surface area contributed by atoms with E-state index in [1.807, 2.05) is 4.90 Å². The van der Waals surface area contributed by atoms with Gasteiger partial charge in [-0.15, -0.1) is 0 Å². The first kappa shape index (κ1) is 19.2. The van der Waals surface area contributed by atoms with Crippen molar-refractivity contribution in [2.24, 2.45) is 0 Å². The average Bonchev–Trinajstić information content (AvgIpc) is 2.70. The summed E-state index contributed by atoms with van der Waals surface area (Å²) in [5.41, 5.74) is 1.27. The van der Waals surface area contributed by atoms with Crippen molar-refractivity contribution in [2.75, 3.05) is 18.4 Å². The van der Waals surface area contributed by atoms with Crippen molar-refractivity contribution in [1.29, 1.82) is 0 Å². The van der Waals surface area contributed by atoms with E-state index in [4.69, 9.17) is 16.3 Å². The first-order valence-corrected chi connectivity index (χ1v) is 9.53. The molecule has 6 heteroatoms. The highest BCUT2D eigenvalue weighted by molar-refractivity contribution is 6.30. The Kier molecular flexibility index (Phi) is 6.35. The fourth-order valence-electron chi connectivity index (χ4n) is 2.99. The third-order valence-electron chi connectivity index (χ3n) is 4.54. The Morgan fingerprint density at radius 3 is 2.26 bits per heavy atom. The average molecular weight is 387 g/mol. The zero-order chi connectivity index (χ0) is 19.2. The van der Waals surface area contributed by atoms with Gasteiger partial charge in [0.1, 0.15) is 5.75 Å². The normalized spacial score (nSPS) is 15.1. The van der Waals surface area contributed by atoms with Crippen LogP contribution in [0.4, 0.5) is 5.69 Å². The Labute approximate surface area is 164 Å². The van der Waals surface area contributed by atoms with Crippen LogP contribution in [0.3, 0.4) is 0 Å². The summed E-state index contributed by atoms with van der Waals surface area (Å²) >= 11 is 5.84. The zero-order valence-electron chi connectivity index (χ0n) is 15.3. The molecule has 1 unspecified atom stereocenters. The van der Waals surface area contributed by atoms with Gasteiger partial charge in [0.15, 0.2) is 6.10 Å². The second kappa shape index (κ2) is 8.91. The van der Waals surface area contributed by atoms with Crippen molar-refractivity contribution < 1.29 is 14.3 Å². The van der Waals surface area contributed by atoms with Crippen LogP contribution in [0.25, 0.3) is 0 Å². The molecule has 1 saturated heterocycles. The van der Waals surface area contributed by atoms with Crippen LogP contribution in [0.5, 0.6) is 5.75 Å². The first-order chi connectivity index (χ1) is 13.0. The highest BCUT2D eigenvalue weighted by atomic mass is 35.5. The van der Waals surface area contributed by atoms with Gasteiger partial charge in [0.25, 0.3) is 11.8 Å². The van der Waals surface area contributed by atoms with Gasteiger partial charge < -0.3 is 15.0 Å². The van der Waals surface area contributed by atoms with E-state index < -0.39 is 6.10 Å². The third-order valence-corrected chi connectivity index (χ3v) is 4.79. The van der Waals surface area contributed by atoms with Gasteiger partial charge in [0.2, 0.25) is 0 Å². The van der Waals surface area contributed by atoms with Gasteiger partial charge in [-0.25, -0.2) is 0 Å². The van der Waals surface area contributed by atoms with Crippen LogP contribution < -0.4 is 10.1 Å². The summed E-state index contributed by atoms with van der Waals surface area (Å²) in [4.78, 5) is 26.7. The number of carbonyl (C=O) groups is 2. The molecule has 1 atom stereocenters. The maximum atomic E-state index is 12.5. The van der Waals surface area contributed by atoms with Crippen LogP contribution in [-0.2, 0) is 4.79 Å². The number of anilines is 1. The molecule has 1 aliphatic heterocycles. The molecular weight excluding hydrogens is 364 g/mol. The van der Waals surface area contributed by atoms with Gasteiger partial charge in [-0.1, -0.05) is 11.6 Å². The van der Waals surface area contributed by atoms with Gasteiger partial charge in [-0.3, -0.25) is 9.59 Å². The lowest BCUT2D eigenvalue weighted by Gasteiger charge is -2.26. The van der Waals surface area contributed by atoms with Crippen molar-refractivity contribution >= 4 is 29.1 Å². The van der Waals surface area contributed by atoms with Crippen LogP contribution in [0.1, 0.15) is 36.5 Å². The quantitative estimate of drug-likeness (QED) is 0.829. The van der Waals surface area contributed by atoms with E-state index in [9.17, 15) is 9.59 Å². The Balaban J connectivity index is 1.56. The number of likely N-dealkylation sites (tertiary alicyclic amines) is 1. The molecule has 0 radical (unpaired) electrons. The number of hydrogen-bond donors (Lipinski definition) is 1. The van der Waals surface area contributed by atoms with E-state index in [1.54, 1.807) is 55.5 Å². The number of nitrogens with zero attached hydrogens (tertiary/aromatic N) is 1. The first-order valence-electron chi connectivity index (χ1n) is 9.15. The SMILES string of the molecule is CC(Oc1ccc(Cl)cc1)C(=O)Nc1ccc(C(=O)N2CCCCC2)cc1. The lowest BCUT2D eigenvalue weighted by molar-refractivity contribution is -0.122.